The Morgan fingerprint density at radius 1 is 0.809 bits per heavy atom. The number of benzene rings is 4. The van der Waals surface area contributed by atoms with E-state index in [1.165, 1.54) is 29.2 Å². The molecule has 11 heteroatoms. The van der Waals surface area contributed by atoms with Crippen LogP contribution in [0.3, 0.4) is 0 Å². The Morgan fingerprint density at radius 3 is 2.04 bits per heavy atom. The van der Waals surface area contributed by atoms with E-state index in [0.29, 0.717) is 32.9 Å². The van der Waals surface area contributed by atoms with E-state index in [1.807, 2.05) is 58.0 Å². The highest BCUT2D eigenvalue weighted by Crippen LogP contribution is 2.30. The molecule has 2 amide bonds. The Balaban J connectivity index is 1.85. The molecule has 0 saturated carbocycles. The minimum atomic E-state index is -4.27. The zero-order valence-corrected chi connectivity index (χ0v) is 29.8. The molecule has 4 aromatic rings. The van der Waals surface area contributed by atoms with Crippen LogP contribution in [0.15, 0.2) is 95.9 Å². The highest BCUT2D eigenvalue weighted by molar-refractivity contribution is 7.92. The highest BCUT2D eigenvalue weighted by atomic mass is 35.5. The van der Waals surface area contributed by atoms with Crippen molar-refractivity contribution >= 4 is 62.3 Å². The molecule has 0 fully saturated rings. The minimum absolute atomic E-state index is 0.0378. The standard InChI is InChI=1S/C36H38Cl3N3O4S/c1-24(2)21-40-36(44)34(20-27-9-6-5-7-10-27)41(22-31-32(38)11-8-12-33(31)39)35(43)23-42(29-16-13-25(3)26(4)19-29)47(45,46)30-17-14-28(37)15-18-30/h5-19,24,34H,20-23H2,1-4H3,(H,40,44)/t34-/m0/s1. The molecular weight excluding hydrogens is 677 g/mol. The molecule has 0 saturated heterocycles. The molecular formula is C36H38Cl3N3O4S. The number of nitrogens with zero attached hydrogens (tertiary/aromatic N) is 2. The van der Waals surface area contributed by atoms with Gasteiger partial charge in [-0.05, 0) is 85.0 Å². The van der Waals surface area contributed by atoms with Gasteiger partial charge in [-0.2, -0.15) is 0 Å². The molecule has 47 heavy (non-hydrogen) atoms. The van der Waals surface area contributed by atoms with Crippen LogP contribution in [0.2, 0.25) is 15.1 Å². The molecule has 0 heterocycles. The maximum Gasteiger partial charge on any atom is 0.264 e. The van der Waals surface area contributed by atoms with Crippen molar-refractivity contribution in [2.75, 3.05) is 17.4 Å². The summed E-state index contributed by atoms with van der Waals surface area (Å²) in [6.45, 7) is 7.39. The average molecular weight is 715 g/mol. The first-order valence-corrected chi connectivity index (χ1v) is 17.7. The van der Waals surface area contributed by atoms with E-state index in [2.05, 4.69) is 5.32 Å². The van der Waals surface area contributed by atoms with Gasteiger partial charge in [0, 0.05) is 40.1 Å². The van der Waals surface area contributed by atoms with Crippen LogP contribution in [0.25, 0.3) is 0 Å². The van der Waals surface area contributed by atoms with Gasteiger partial charge in [0.1, 0.15) is 12.6 Å². The highest BCUT2D eigenvalue weighted by Gasteiger charge is 2.35. The molecule has 0 unspecified atom stereocenters. The first-order chi connectivity index (χ1) is 22.3. The average Bonchev–Trinajstić information content (AvgIpc) is 3.03. The fourth-order valence-corrected chi connectivity index (χ4v) is 7.02. The van der Waals surface area contributed by atoms with Gasteiger partial charge >= 0.3 is 0 Å². The molecule has 1 N–H and O–H groups in total. The minimum Gasteiger partial charge on any atom is -0.354 e. The first kappa shape index (κ1) is 36.3. The molecule has 4 rings (SSSR count). The Morgan fingerprint density at radius 2 is 1.45 bits per heavy atom. The van der Waals surface area contributed by atoms with E-state index >= 15 is 0 Å². The molecule has 1 atom stereocenters. The predicted octanol–water partition coefficient (Wildman–Crippen LogP) is 7.87. The number of anilines is 1. The van der Waals surface area contributed by atoms with Crippen LogP contribution in [0.1, 0.15) is 36.1 Å². The second kappa shape index (κ2) is 16.0. The number of sulfonamides is 1. The van der Waals surface area contributed by atoms with Crippen molar-refractivity contribution in [3.63, 3.8) is 0 Å². The molecule has 0 spiro atoms. The molecule has 0 bridgehead atoms. The van der Waals surface area contributed by atoms with Crippen LogP contribution < -0.4 is 9.62 Å². The van der Waals surface area contributed by atoms with Crippen LogP contribution in [0.5, 0.6) is 0 Å². The largest absolute Gasteiger partial charge is 0.354 e. The fraction of sp³-hybridized carbons (Fsp3) is 0.278. The third-order valence-electron chi connectivity index (χ3n) is 7.80. The van der Waals surface area contributed by atoms with E-state index in [4.69, 9.17) is 34.8 Å². The lowest BCUT2D eigenvalue weighted by atomic mass is 10.0. The van der Waals surface area contributed by atoms with Crippen molar-refractivity contribution < 1.29 is 18.0 Å². The maximum absolute atomic E-state index is 14.6. The fourth-order valence-electron chi connectivity index (χ4n) is 4.97. The van der Waals surface area contributed by atoms with Gasteiger partial charge in [-0.25, -0.2) is 8.42 Å². The van der Waals surface area contributed by atoms with E-state index in [0.717, 1.165) is 21.0 Å². The van der Waals surface area contributed by atoms with Crippen molar-refractivity contribution in [3.05, 3.63) is 128 Å². The maximum atomic E-state index is 14.6. The molecule has 0 aliphatic heterocycles. The van der Waals surface area contributed by atoms with Gasteiger partial charge in [0.2, 0.25) is 11.8 Å². The van der Waals surface area contributed by atoms with Gasteiger partial charge < -0.3 is 10.2 Å². The zero-order valence-electron chi connectivity index (χ0n) is 26.7. The molecule has 0 aliphatic rings. The summed E-state index contributed by atoms with van der Waals surface area (Å²) < 4.78 is 29.5. The number of hydrogen-bond acceptors (Lipinski definition) is 4. The first-order valence-electron chi connectivity index (χ1n) is 15.2. The van der Waals surface area contributed by atoms with E-state index < -0.39 is 28.5 Å². The van der Waals surface area contributed by atoms with Crippen LogP contribution in [-0.2, 0) is 32.6 Å². The number of amides is 2. The SMILES string of the molecule is Cc1ccc(N(CC(=O)N(Cc2c(Cl)cccc2Cl)[C@@H](Cc2ccccc2)C(=O)NCC(C)C)S(=O)(=O)c2ccc(Cl)cc2)cc1C. The van der Waals surface area contributed by atoms with Crippen LogP contribution in [0, 0.1) is 19.8 Å². The molecule has 0 aliphatic carbocycles. The monoisotopic (exact) mass is 713 g/mol. The summed E-state index contributed by atoms with van der Waals surface area (Å²) in [7, 11) is -4.27. The summed E-state index contributed by atoms with van der Waals surface area (Å²) in [5, 5.41) is 3.97. The summed E-state index contributed by atoms with van der Waals surface area (Å²) in [6, 6.07) is 24.3. The third-order valence-corrected chi connectivity index (χ3v) is 10.6. The van der Waals surface area contributed by atoms with Gasteiger partial charge in [-0.15, -0.1) is 0 Å². The number of nitrogens with one attached hydrogen (secondary N) is 1. The van der Waals surface area contributed by atoms with Crippen LogP contribution in [-0.4, -0.2) is 44.3 Å². The lowest BCUT2D eigenvalue weighted by Gasteiger charge is -2.34. The summed E-state index contributed by atoms with van der Waals surface area (Å²) in [5.74, 6) is -0.835. The van der Waals surface area contributed by atoms with Crippen molar-refractivity contribution in [2.24, 2.45) is 5.92 Å². The zero-order chi connectivity index (χ0) is 34.3. The number of carbonyl (C=O) groups excluding carboxylic acids is 2. The third kappa shape index (κ3) is 9.29. The van der Waals surface area contributed by atoms with Crippen LogP contribution in [0.4, 0.5) is 5.69 Å². The molecule has 7 nitrogen and oxygen atoms in total. The van der Waals surface area contributed by atoms with Crippen LogP contribution >= 0.6 is 34.8 Å². The predicted molar refractivity (Wildman–Crippen MR) is 191 cm³/mol. The van der Waals surface area contributed by atoms with Crippen molar-refractivity contribution in [1.29, 1.82) is 0 Å². The molecule has 0 radical (unpaired) electrons. The van der Waals surface area contributed by atoms with Gasteiger partial charge in [0.25, 0.3) is 10.0 Å². The van der Waals surface area contributed by atoms with Gasteiger partial charge in [-0.1, -0.05) is 91.1 Å². The Labute approximate surface area is 292 Å². The smallest absolute Gasteiger partial charge is 0.264 e. The normalized spacial score (nSPS) is 12.1. The number of hydrogen-bond donors (Lipinski definition) is 1. The Hall–Kier alpha value is -3.56. The van der Waals surface area contributed by atoms with Gasteiger partial charge in [0.05, 0.1) is 10.6 Å². The van der Waals surface area contributed by atoms with Gasteiger partial charge in [-0.3, -0.25) is 13.9 Å². The van der Waals surface area contributed by atoms with Crippen molar-refractivity contribution in [2.45, 2.75) is 51.6 Å². The second-order valence-electron chi connectivity index (χ2n) is 11.8. The molecule has 4 aromatic carbocycles. The topological polar surface area (TPSA) is 86.8 Å². The Kier molecular flexibility index (Phi) is 12.4. The van der Waals surface area contributed by atoms with Gasteiger partial charge in [0.15, 0.2) is 0 Å². The van der Waals surface area contributed by atoms with Crippen molar-refractivity contribution in [3.8, 4) is 0 Å². The summed E-state index contributed by atoms with van der Waals surface area (Å²) in [5.41, 5.74) is 3.37. The summed E-state index contributed by atoms with van der Waals surface area (Å²) in [4.78, 5) is 29.9. The van der Waals surface area contributed by atoms with E-state index in [-0.39, 0.29) is 29.7 Å². The number of aryl methyl sites for hydroxylation is 2. The number of carbonyl (C=O) groups is 2. The lowest BCUT2D eigenvalue weighted by Crippen LogP contribution is -2.53. The Bertz CT molecular complexity index is 1800. The van der Waals surface area contributed by atoms with E-state index in [9.17, 15) is 18.0 Å². The quantitative estimate of drug-likeness (QED) is 0.153. The summed E-state index contributed by atoms with van der Waals surface area (Å²) in [6.07, 6.45) is 0.173. The number of rotatable bonds is 13. The second-order valence-corrected chi connectivity index (χ2v) is 14.9. The molecule has 0 aromatic heterocycles. The van der Waals surface area contributed by atoms with E-state index in [1.54, 1.807) is 36.4 Å². The lowest BCUT2D eigenvalue weighted by molar-refractivity contribution is -0.140. The van der Waals surface area contributed by atoms with Crippen molar-refractivity contribution in [1.82, 2.24) is 10.2 Å². The molecule has 248 valence electrons. The number of halogens is 3. The summed E-state index contributed by atoms with van der Waals surface area (Å²) >= 11 is 19.2.